The summed E-state index contributed by atoms with van der Waals surface area (Å²) in [5.41, 5.74) is 1.86. The number of hydrogen-bond acceptors (Lipinski definition) is 4. The Kier molecular flexibility index (Phi) is 6.49. The lowest BCUT2D eigenvalue weighted by atomic mass is 9.98. The average molecular weight is 326 g/mol. The number of nitrogens with zero attached hydrogens (tertiary/aromatic N) is 2. The second-order valence-electron chi connectivity index (χ2n) is 5.47. The number of benzene rings is 1. The van der Waals surface area contributed by atoms with E-state index >= 15 is 0 Å². The number of ether oxygens (including phenoxy) is 1. The lowest BCUT2D eigenvalue weighted by molar-refractivity contribution is -0.144. The predicted molar refractivity (Wildman–Crippen MR) is 91.1 cm³/mol. The maximum Gasteiger partial charge on any atom is 0.302 e. The molecule has 126 valence electrons. The first-order valence-electron chi connectivity index (χ1n) is 7.97. The molecule has 0 radical (unpaired) electrons. The SMILES string of the molecule is CCN(Cc1ccncc1)C(=O)C(COC(C)=O)c1ccccc1. The fraction of sp³-hybridized carbons (Fsp3) is 0.316. The quantitative estimate of drug-likeness (QED) is 0.734. The Bertz CT molecular complexity index is 659. The normalized spacial score (nSPS) is 11.6. The molecule has 5 nitrogen and oxygen atoms in total. The molecule has 2 rings (SSSR count). The van der Waals surface area contributed by atoms with Crippen molar-refractivity contribution < 1.29 is 14.3 Å². The van der Waals surface area contributed by atoms with E-state index in [1.54, 1.807) is 17.3 Å². The van der Waals surface area contributed by atoms with Crippen LogP contribution in [0.15, 0.2) is 54.9 Å². The Labute approximate surface area is 142 Å². The molecule has 1 atom stereocenters. The van der Waals surface area contributed by atoms with Crippen molar-refractivity contribution in [3.8, 4) is 0 Å². The number of amides is 1. The molecule has 1 aromatic heterocycles. The van der Waals surface area contributed by atoms with Crippen LogP contribution in [0.5, 0.6) is 0 Å². The van der Waals surface area contributed by atoms with E-state index in [-0.39, 0.29) is 18.5 Å². The van der Waals surface area contributed by atoms with Gasteiger partial charge in [-0.15, -0.1) is 0 Å². The van der Waals surface area contributed by atoms with Gasteiger partial charge < -0.3 is 9.64 Å². The van der Waals surface area contributed by atoms with Crippen LogP contribution in [0.2, 0.25) is 0 Å². The number of likely N-dealkylation sites (N-methyl/N-ethyl adjacent to an activating group) is 1. The van der Waals surface area contributed by atoms with E-state index in [1.807, 2.05) is 49.4 Å². The van der Waals surface area contributed by atoms with Crippen LogP contribution < -0.4 is 0 Å². The first kappa shape index (κ1) is 17.7. The lowest BCUT2D eigenvalue weighted by Gasteiger charge is -2.26. The summed E-state index contributed by atoms with van der Waals surface area (Å²) in [6, 6.07) is 13.2. The molecule has 0 aliphatic heterocycles. The Morgan fingerprint density at radius 2 is 1.79 bits per heavy atom. The van der Waals surface area contributed by atoms with Gasteiger partial charge >= 0.3 is 5.97 Å². The van der Waals surface area contributed by atoms with Crippen molar-refractivity contribution in [2.75, 3.05) is 13.2 Å². The fourth-order valence-electron chi connectivity index (χ4n) is 2.47. The van der Waals surface area contributed by atoms with E-state index in [1.165, 1.54) is 6.92 Å². The van der Waals surface area contributed by atoms with Gasteiger partial charge in [-0.3, -0.25) is 14.6 Å². The zero-order valence-corrected chi connectivity index (χ0v) is 14.0. The Morgan fingerprint density at radius 3 is 2.38 bits per heavy atom. The van der Waals surface area contributed by atoms with Crippen molar-refractivity contribution in [3.05, 3.63) is 66.0 Å². The molecule has 0 spiro atoms. The van der Waals surface area contributed by atoms with Gasteiger partial charge in [-0.05, 0) is 30.2 Å². The minimum atomic E-state index is -0.503. The highest BCUT2D eigenvalue weighted by atomic mass is 16.5. The molecular formula is C19H22N2O3. The van der Waals surface area contributed by atoms with Crippen molar-refractivity contribution in [2.24, 2.45) is 0 Å². The van der Waals surface area contributed by atoms with Crippen LogP contribution in [0, 0.1) is 0 Å². The molecule has 0 N–H and O–H groups in total. The largest absolute Gasteiger partial charge is 0.465 e. The van der Waals surface area contributed by atoms with Crippen LogP contribution in [0.1, 0.15) is 30.9 Å². The summed E-state index contributed by atoms with van der Waals surface area (Å²) in [5.74, 6) is -0.945. The van der Waals surface area contributed by atoms with Crippen LogP contribution >= 0.6 is 0 Å². The highest BCUT2D eigenvalue weighted by Gasteiger charge is 2.26. The van der Waals surface area contributed by atoms with Crippen LogP contribution in [0.4, 0.5) is 0 Å². The van der Waals surface area contributed by atoms with E-state index in [9.17, 15) is 9.59 Å². The standard InChI is InChI=1S/C19H22N2O3/c1-3-21(13-16-9-11-20-12-10-16)19(23)18(14-24-15(2)22)17-7-5-4-6-8-17/h4-12,18H,3,13-14H2,1-2H3. The summed E-state index contributed by atoms with van der Waals surface area (Å²) < 4.78 is 5.13. The molecule has 0 aliphatic carbocycles. The molecule has 5 heteroatoms. The number of aromatic nitrogens is 1. The molecule has 1 heterocycles. The smallest absolute Gasteiger partial charge is 0.302 e. The van der Waals surface area contributed by atoms with Gasteiger partial charge in [-0.25, -0.2) is 0 Å². The predicted octanol–water partition coefficient (Wildman–Crippen LogP) is 2.78. The van der Waals surface area contributed by atoms with E-state index in [2.05, 4.69) is 4.98 Å². The summed E-state index contributed by atoms with van der Waals surface area (Å²) in [6.45, 7) is 4.41. The van der Waals surface area contributed by atoms with Gasteiger partial charge in [-0.2, -0.15) is 0 Å². The fourth-order valence-corrected chi connectivity index (χ4v) is 2.47. The minimum Gasteiger partial charge on any atom is -0.465 e. The third-order valence-corrected chi connectivity index (χ3v) is 3.77. The van der Waals surface area contributed by atoms with E-state index in [4.69, 9.17) is 4.74 Å². The van der Waals surface area contributed by atoms with E-state index in [0.29, 0.717) is 13.1 Å². The topological polar surface area (TPSA) is 59.5 Å². The molecule has 0 saturated carbocycles. The summed E-state index contributed by atoms with van der Waals surface area (Å²) in [7, 11) is 0. The average Bonchev–Trinajstić information content (AvgIpc) is 2.61. The Hall–Kier alpha value is -2.69. The second kappa shape index (κ2) is 8.82. The zero-order valence-electron chi connectivity index (χ0n) is 14.0. The van der Waals surface area contributed by atoms with Gasteiger partial charge in [0.15, 0.2) is 0 Å². The maximum atomic E-state index is 13.0. The third-order valence-electron chi connectivity index (χ3n) is 3.77. The van der Waals surface area contributed by atoms with Gasteiger partial charge in [0, 0.05) is 32.4 Å². The monoisotopic (exact) mass is 326 g/mol. The van der Waals surface area contributed by atoms with E-state index in [0.717, 1.165) is 11.1 Å². The Morgan fingerprint density at radius 1 is 1.12 bits per heavy atom. The first-order chi connectivity index (χ1) is 11.6. The van der Waals surface area contributed by atoms with Crippen molar-refractivity contribution >= 4 is 11.9 Å². The molecule has 1 unspecified atom stereocenters. The number of esters is 1. The van der Waals surface area contributed by atoms with Gasteiger partial charge in [0.05, 0.1) is 5.92 Å². The second-order valence-corrected chi connectivity index (χ2v) is 5.47. The number of hydrogen-bond donors (Lipinski definition) is 0. The van der Waals surface area contributed by atoms with Crippen molar-refractivity contribution in [2.45, 2.75) is 26.3 Å². The number of carbonyl (C=O) groups is 2. The van der Waals surface area contributed by atoms with Crippen LogP contribution in [-0.4, -0.2) is 34.9 Å². The lowest BCUT2D eigenvalue weighted by Crippen LogP contribution is -2.36. The van der Waals surface area contributed by atoms with Gasteiger partial charge in [0.1, 0.15) is 6.61 Å². The molecule has 24 heavy (non-hydrogen) atoms. The molecule has 0 aliphatic rings. The highest BCUT2D eigenvalue weighted by molar-refractivity contribution is 5.84. The highest BCUT2D eigenvalue weighted by Crippen LogP contribution is 2.20. The number of rotatable bonds is 7. The first-order valence-corrected chi connectivity index (χ1v) is 7.97. The van der Waals surface area contributed by atoms with Gasteiger partial charge in [0.25, 0.3) is 0 Å². The van der Waals surface area contributed by atoms with Gasteiger partial charge in [0.2, 0.25) is 5.91 Å². The van der Waals surface area contributed by atoms with Crippen LogP contribution in [-0.2, 0) is 20.9 Å². The van der Waals surface area contributed by atoms with Crippen molar-refractivity contribution in [3.63, 3.8) is 0 Å². The molecule has 0 saturated heterocycles. The zero-order chi connectivity index (χ0) is 17.4. The maximum absolute atomic E-state index is 13.0. The van der Waals surface area contributed by atoms with Crippen LogP contribution in [0.25, 0.3) is 0 Å². The molecule has 0 bridgehead atoms. The summed E-state index contributed by atoms with van der Waals surface area (Å²) in [4.78, 5) is 29.9. The minimum absolute atomic E-state index is 0.0467. The molecule has 1 amide bonds. The van der Waals surface area contributed by atoms with Crippen LogP contribution in [0.3, 0.4) is 0 Å². The molecule has 0 fully saturated rings. The summed E-state index contributed by atoms with van der Waals surface area (Å²) in [5, 5.41) is 0. The van der Waals surface area contributed by atoms with Gasteiger partial charge in [-0.1, -0.05) is 30.3 Å². The molecular weight excluding hydrogens is 304 g/mol. The summed E-state index contributed by atoms with van der Waals surface area (Å²) in [6.07, 6.45) is 3.42. The Balaban J connectivity index is 2.19. The van der Waals surface area contributed by atoms with Crippen molar-refractivity contribution in [1.82, 2.24) is 9.88 Å². The third kappa shape index (κ3) is 4.91. The summed E-state index contributed by atoms with van der Waals surface area (Å²) >= 11 is 0. The van der Waals surface area contributed by atoms with Crippen molar-refractivity contribution in [1.29, 1.82) is 0 Å². The van der Waals surface area contributed by atoms with E-state index < -0.39 is 5.92 Å². The number of carbonyl (C=O) groups excluding carboxylic acids is 2. The molecule has 2 aromatic rings. The number of pyridine rings is 1. The molecule has 1 aromatic carbocycles.